The minimum Gasteiger partial charge on any atom is -0.496 e. The van der Waals surface area contributed by atoms with Crippen molar-refractivity contribution in [2.45, 2.75) is 52.9 Å². The predicted molar refractivity (Wildman–Crippen MR) is 172 cm³/mol. The van der Waals surface area contributed by atoms with Gasteiger partial charge in [-0.2, -0.15) is 0 Å². The van der Waals surface area contributed by atoms with Gasteiger partial charge in [0.05, 0.1) is 12.7 Å². The van der Waals surface area contributed by atoms with Gasteiger partial charge in [-0.3, -0.25) is 4.79 Å². The highest BCUT2D eigenvalue weighted by Crippen LogP contribution is 2.38. The number of carbonyl (C=O) groups excluding carboxylic acids is 1. The van der Waals surface area contributed by atoms with Gasteiger partial charge < -0.3 is 15.3 Å². The van der Waals surface area contributed by atoms with E-state index in [0.29, 0.717) is 22.8 Å². The van der Waals surface area contributed by atoms with Crippen LogP contribution in [0.25, 0.3) is 22.5 Å². The highest BCUT2D eigenvalue weighted by atomic mass is 19.3. The van der Waals surface area contributed by atoms with E-state index in [1.807, 2.05) is 18.2 Å². The number of imidazole rings is 1. The highest BCUT2D eigenvalue weighted by Gasteiger charge is 2.32. The monoisotopic (exact) mass is 610 g/mol. The van der Waals surface area contributed by atoms with Gasteiger partial charge in [-0.1, -0.05) is 61.5 Å². The van der Waals surface area contributed by atoms with Gasteiger partial charge in [0.2, 0.25) is 0 Å². The average Bonchev–Trinajstić information content (AvgIpc) is 3.33. The van der Waals surface area contributed by atoms with Gasteiger partial charge in [0.1, 0.15) is 5.75 Å². The van der Waals surface area contributed by atoms with E-state index in [1.54, 1.807) is 20.1 Å². The summed E-state index contributed by atoms with van der Waals surface area (Å²) in [5, 5.41) is 13.8. The Morgan fingerprint density at radius 3 is 2.27 bits per heavy atom. The lowest BCUT2D eigenvalue weighted by molar-refractivity contribution is -0.896. The molecule has 6 nitrogen and oxygen atoms in total. The summed E-state index contributed by atoms with van der Waals surface area (Å²) in [5.41, 5.74) is 7.66. The second-order valence-corrected chi connectivity index (χ2v) is 11.4. The average molecular weight is 611 g/mol. The van der Waals surface area contributed by atoms with Crippen LogP contribution >= 0.6 is 0 Å². The van der Waals surface area contributed by atoms with Crippen LogP contribution in [0.15, 0.2) is 84.9 Å². The molecular weight excluding hydrogens is 572 g/mol. The Hall–Kier alpha value is -4.98. The largest absolute Gasteiger partial charge is 0.496 e. The van der Waals surface area contributed by atoms with Crippen LogP contribution < -0.4 is 14.8 Å². The molecule has 45 heavy (non-hydrogen) atoms. The van der Waals surface area contributed by atoms with Crippen molar-refractivity contribution < 1.29 is 28.2 Å². The van der Waals surface area contributed by atoms with Crippen LogP contribution in [-0.2, 0) is 18.8 Å². The number of hydrogen-bond donors (Lipinski definition) is 3. The van der Waals surface area contributed by atoms with Gasteiger partial charge in [0, 0.05) is 30.2 Å². The number of ether oxygens (including phenoxy) is 1. The summed E-state index contributed by atoms with van der Waals surface area (Å²) in [5.74, 6) is -2.68. The fourth-order valence-corrected chi connectivity index (χ4v) is 5.85. The third-order valence-electron chi connectivity index (χ3n) is 8.17. The maximum Gasteiger partial charge on any atom is 0.327 e. The number of H-pyrrole nitrogens is 1. The van der Waals surface area contributed by atoms with Gasteiger partial charge >= 0.3 is 11.7 Å². The Kier molecular flexibility index (Phi) is 9.04. The predicted octanol–water partition coefficient (Wildman–Crippen LogP) is 8.35. The Labute approximate surface area is 262 Å². The van der Waals surface area contributed by atoms with E-state index in [-0.39, 0.29) is 23.4 Å². The molecule has 0 aliphatic rings. The maximum absolute atomic E-state index is 14.3. The lowest BCUT2D eigenvalue weighted by Crippen LogP contribution is -2.39. The van der Waals surface area contributed by atoms with Crippen LogP contribution in [0, 0.1) is 20.8 Å². The second-order valence-electron chi connectivity index (χ2n) is 11.4. The first-order valence-corrected chi connectivity index (χ1v) is 15.0. The lowest BCUT2D eigenvalue weighted by Gasteiger charge is -2.16. The van der Waals surface area contributed by atoms with E-state index >= 15 is 0 Å². The molecular formula is C37H38F2N3O3+. The molecule has 1 heterocycles. The van der Waals surface area contributed by atoms with Crippen molar-refractivity contribution in [2.24, 2.45) is 0 Å². The first kappa shape index (κ1) is 31.4. The molecule has 1 aromatic heterocycles. The smallest absolute Gasteiger partial charge is 0.327 e. The third-order valence-corrected chi connectivity index (χ3v) is 8.17. The Balaban J connectivity index is 1.45. The summed E-state index contributed by atoms with van der Waals surface area (Å²) in [6, 6.07) is 26.0. The van der Waals surface area contributed by atoms with Gasteiger partial charge in [-0.15, -0.1) is 0 Å². The molecule has 5 rings (SSSR count). The Morgan fingerprint density at radius 2 is 1.60 bits per heavy atom. The van der Waals surface area contributed by atoms with Crippen LogP contribution in [0.2, 0.25) is 0 Å². The number of aryl methyl sites for hydroxylation is 5. The standard InChI is InChI=1S/C37H37F2N3O3/c1-6-37(38,39)29-13-10-14-30(22-29)41-36(43)34-25(4)40-35(42(34)44)28-17-18-32(45-5)31(21-28)33-23(2)19-27(20-24(33)3)16-15-26-11-8-7-9-12-26/h7-14,17-22,44H,6,15-16H2,1-5H3,(H,41,43)/p+1. The first-order valence-electron chi connectivity index (χ1n) is 15.0. The quantitative estimate of drug-likeness (QED) is 0.110. The van der Waals surface area contributed by atoms with Crippen molar-refractivity contribution in [2.75, 3.05) is 12.4 Å². The maximum atomic E-state index is 14.3. The number of methoxy groups -OCH3 is 1. The fourth-order valence-electron chi connectivity index (χ4n) is 5.85. The van der Waals surface area contributed by atoms with E-state index in [1.165, 1.54) is 42.3 Å². The van der Waals surface area contributed by atoms with Crippen LogP contribution in [0.1, 0.15) is 57.3 Å². The van der Waals surface area contributed by atoms with Gasteiger partial charge in [0.15, 0.2) is 5.69 Å². The number of anilines is 1. The molecule has 232 valence electrons. The molecule has 8 heteroatoms. The van der Waals surface area contributed by atoms with E-state index in [2.05, 4.69) is 60.5 Å². The molecule has 0 aliphatic heterocycles. The zero-order valence-corrected chi connectivity index (χ0v) is 26.2. The van der Waals surface area contributed by atoms with E-state index in [0.717, 1.165) is 39.8 Å². The molecule has 0 unspecified atom stereocenters. The number of amides is 1. The van der Waals surface area contributed by atoms with Crippen LogP contribution in [0.3, 0.4) is 0 Å². The molecule has 0 spiro atoms. The minimum absolute atomic E-state index is 0.0369. The molecule has 0 atom stereocenters. The Bertz CT molecular complexity index is 1820. The SMILES string of the molecule is CCC(F)(F)c1cccc(NC(=O)c2c(C)[nH]c(-c3ccc(OC)c(-c4c(C)cc(CCc5ccccc5)cc4C)c3)[n+]2O)c1. The van der Waals surface area contributed by atoms with Crippen molar-refractivity contribution in [3.8, 4) is 28.3 Å². The normalized spacial score (nSPS) is 11.4. The first-order chi connectivity index (χ1) is 21.5. The molecule has 0 bridgehead atoms. The van der Waals surface area contributed by atoms with Crippen molar-refractivity contribution in [1.29, 1.82) is 0 Å². The zero-order valence-electron chi connectivity index (χ0n) is 26.2. The number of hydrogen-bond acceptors (Lipinski definition) is 3. The zero-order chi connectivity index (χ0) is 32.3. The van der Waals surface area contributed by atoms with Crippen LogP contribution in [0.5, 0.6) is 5.75 Å². The molecule has 0 fully saturated rings. The van der Waals surface area contributed by atoms with Gasteiger partial charge in [-0.05, 0) is 89.6 Å². The summed E-state index contributed by atoms with van der Waals surface area (Å²) >= 11 is 0. The van der Waals surface area contributed by atoms with Crippen molar-refractivity contribution in [1.82, 2.24) is 4.98 Å². The number of aromatic amines is 1. The number of nitrogens with one attached hydrogen (secondary N) is 2. The molecule has 5 aromatic rings. The van der Waals surface area contributed by atoms with Crippen molar-refractivity contribution in [3.05, 3.63) is 124 Å². The van der Waals surface area contributed by atoms with Crippen molar-refractivity contribution >= 4 is 11.6 Å². The number of halogens is 2. The van der Waals surface area contributed by atoms with Crippen molar-refractivity contribution in [3.63, 3.8) is 0 Å². The van der Waals surface area contributed by atoms with Crippen LogP contribution in [0.4, 0.5) is 14.5 Å². The third kappa shape index (κ3) is 6.60. The second kappa shape index (κ2) is 12.9. The van der Waals surface area contributed by atoms with Crippen LogP contribution in [-0.4, -0.2) is 23.2 Å². The summed E-state index contributed by atoms with van der Waals surface area (Å²) < 4.78 is 35.0. The lowest BCUT2D eigenvalue weighted by atomic mass is 9.90. The number of carbonyl (C=O) groups is 1. The van der Waals surface area contributed by atoms with E-state index < -0.39 is 11.8 Å². The summed E-state index contributed by atoms with van der Waals surface area (Å²) in [6.07, 6.45) is 1.52. The number of alkyl halides is 2. The van der Waals surface area contributed by atoms with E-state index in [9.17, 15) is 18.8 Å². The van der Waals surface area contributed by atoms with E-state index in [4.69, 9.17) is 4.74 Å². The fraction of sp³-hybridized carbons (Fsp3) is 0.243. The molecule has 1 amide bonds. The van der Waals surface area contributed by atoms with Gasteiger partial charge in [0.25, 0.3) is 11.6 Å². The topological polar surface area (TPSA) is 78.2 Å². The summed E-state index contributed by atoms with van der Waals surface area (Å²) in [4.78, 5) is 16.4. The van der Waals surface area contributed by atoms with Gasteiger partial charge in [-0.25, -0.2) is 13.8 Å². The molecule has 0 saturated heterocycles. The molecule has 3 N–H and O–H groups in total. The number of aromatic nitrogens is 2. The number of benzene rings is 4. The Morgan fingerprint density at radius 1 is 0.911 bits per heavy atom. The highest BCUT2D eigenvalue weighted by molar-refractivity contribution is 6.02. The summed E-state index contributed by atoms with van der Waals surface area (Å²) in [7, 11) is 1.62. The molecule has 4 aromatic carbocycles. The molecule has 0 aliphatic carbocycles. The number of rotatable bonds is 10. The number of nitrogens with zero attached hydrogens (tertiary/aromatic N) is 1. The molecule has 0 saturated carbocycles. The summed E-state index contributed by atoms with van der Waals surface area (Å²) in [6.45, 7) is 7.23. The minimum atomic E-state index is -3.01. The molecule has 0 radical (unpaired) electrons.